The molecule has 1 aromatic carbocycles. The van der Waals surface area contributed by atoms with Crippen molar-refractivity contribution in [3.8, 4) is 5.75 Å². The first-order valence-corrected chi connectivity index (χ1v) is 9.46. The number of pyridine rings is 1. The summed E-state index contributed by atoms with van der Waals surface area (Å²) in [6.07, 6.45) is 4.38. The predicted molar refractivity (Wildman–Crippen MR) is 110 cm³/mol. The molecule has 0 atom stereocenters. The van der Waals surface area contributed by atoms with Gasteiger partial charge in [0, 0.05) is 32.5 Å². The summed E-state index contributed by atoms with van der Waals surface area (Å²) in [7, 11) is 3.19. The van der Waals surface area contributed by atoms with Crippen molar-refractivity contribution >= 4 is 17.6 Å². The molecule has 0 aliphatic carbocycles. The number of amides is 3. The van der Waals surface area contributed by atoms with Crippen LogP contribution >= 0.6 is 0 Å². The Morgan fingerprint density at radius 2 is 1.93 bits per heavy atom. The maximum absolute atomic E-state index is 12.4. The summed E-state index contributed by atoms with van der Waals surface area (Å²) in [5.74, 6) is 0.573. The third-order valence-corrected chi connectivity index (χ3v) is 4.28. The Labute approximate surface area is 166 Å². The van der Waals surface area contributed by atoms with E-state index in [0.717, 1.165) is 30.8 Å². The molecule has 7 heteroatoms. The van der Waals surface area contributed by atoms with Gasteiger partial charge in [0.25, 0.3) is 5.91 Å². The van der Waals surface area contributed by atoms with E-state index in [1.165, 1.54) is 18.1 Å². The number of ether oxygens (including phenoxy) is 1. The molecule has 0 radical (unpaired) electrons. The monoisotopic (exact) mass is 384 g/mol. The summed E-state index contributed by atoms with van der Waals surface area (Å²) in [5, 5.41) is 5.40. The Bertz CT molecular complexity index is 777. The number of anilines is 1. The van der Waals surface area contributed by atoms with Crippen molar-refractivity contribution in [2.24, 2.45) is 0 Å². The number of carbonyl (C=O) groups is 2. The summed E-state index contributed by atoms with van der Waals surface area (Å²) in [6, 6.07) is 10.9. The molecular formula is C21H28N4O3. The summed E-state index contributed by atoms with van der Waals surface area (Å²) in [4.78, 5) is 29.5. The number of urea groups is 1. The lowest BCUT2D eigenvalue weighted by atomic mass is 10.1. The zero-order valence-corrected chi connectivity index (χ0v) is 16.7. The molecular weight excluding hydrogens is 356 g/mol. The van der Waals surface area contributed by atoms with Crippen molar-refractivity contribution in [1.82, 2.24) is 15.6 Å². The fourth-order valence-electron chi connectivity index (χ4n) is 2.52. The van der Waals surface area contributed by atoms with Gasteiger partial charge < -0.3 is 15.4 Å². The molecule has 1 heterocycles. The molecule has 150 valence electrons. The summed E-state index contributed by atoms with van der Waals surface area (Å²) >= 11 is 0. The van der Waals surface area contributed by atoms with E-state index in [0.29, 0.717) is 18.7 Å². The average Bonchev–Trinajstić information content (AvgIpc) is 2.74. The second kappa shape index (κ2) is 10.9. The van der Waals surface area contributed by atoms with Gasteiger partial charge in [0.2, 0.25) is 0 Å². The summed E-state index contributed by atoms with van der Waals surface area (Å²) in [6.45, 7) is 3.37. The number of nitrogens with zero attached hydrogens (tertiary/aromatic N) is 2. The highest BCUT2D eigenvalue weighted by Gasteiger charge is 2.13. The van der Waals surface area contributed by atoms with Gasteiger partial charge in [-0.25, -0.2) is 4.79 Å². The number of hydrogen-bond donors (Lipinski definition) is 2. The summed E-state index contributed by atoms with van der Waals surface area (Å²) in [5.41, 5.74) is 1.98. The number of nitrogens with one attached hydrogen (secondary N) is 2. The van der Waals surface area contributed by atoms with Crippen molar-refractivity contribution in [3.05, 3.63) is 53.9 Å². The van der Waals surface area contributed by atoms with Crippen molar-refractivity contribution in [2.45, 2.75) is 26.2 Å². The van der Waals surface area contributed by atoms with Gasteiger partial charge in [0.05, 0.1) is 6.61 Å². The fourth-order valence-corrected chi connectivity index (χ4v) is 2.52. The maximum atomic E-state index is 12.4. The fraction of sp³-hybridized carbons (Fsp3) is 0.381. The minimum Gasteiger partial charge on any atom is -0.494 e. The zero-order chi connectivity index (χ0) is 20.4. The van der Waals surface area contributed by atoms with Gasteiger partial charge in [-0.2, -0.15) is 0 Å². The topological polar surface area (TPSA) is 83.6 Å². The Hall–Kier alpha value is -3.09. The number of hydrogen-bond acceptors (Lipinski definition) is 4. The molecule has 0 aliphatic rings. The zero-order valence-electron chi connectivity index (χ0n) is 16.7. The van der Waals surface area contributed by atoms with Crippen LogP contribution in [-0.4, -0.2) is 44.2 Å². The lowest BCUT2D eigenvalue weighted by Gasteiger charge is -2.18. The third-order valence-electron chi connectivity index (χ3n) is 4.28. The second-order valence-electron chi connectivity index (χ2n) is 6.37. The van der Waals surface area contributed by atoms with Crippen molar-refractivity contribution in [1.29, 1.82) is 0 Å². The number of aromatic nitrogens is 1. The smallest absolute Gasteiger partial charge is 0.321 e. The Balaban J connectivity index is 1.82. The van der Waals surface area contributed by atoms with Crippen LogP contribution in [0.3, 0.4) is 0 Å². The van der Waals surface area contributed by atoms with Crippen LogP contribution in [0.15, 0.2) is 42.6 Å². The van der Waals surface area contributed by atoms with Crippen LogP contribution in [0.2, 0.25) is 0 Å². The van der Waals surface area contributed by atoms with E-state index >= 15 is 0 Å². The van der Waals surface area contributed by atoms with E-state index in [1.807, 2.05) is 24.3 Å². The molecule has 2 aromatic rings. The van der Waals surface area contributed by atoms with Crippen LogP contribution < -0.4 is 20.3 Å². The van der Waals surface area contributed by atoms with E-state index in [2.05, 4.69) is 22.5 Å². The van der Waals surface area contributed by atoms with Crippen LogP contribution in [0, 0.1) is 0 Å². The molecule has 3 amide bonds. The largest absolute Gasteiger partial charge is 0.494 e. The summed E-state index contributed by atoms with van der Waals surface area (Å²) < 4.78 is 5.65. The highest BCUT2D eigenvalue weighted by atomic mass is 16.5. The van der Waals surface area contributed by atoms with Gasteiger partial charge in [-0.15, -0.1) is 0 Å². The SMILES string of the molecule is CCCCOc1ccc(CCNC(=O)N(C)c2ccnc(C(=O)NC)c2)cc1. The van der Waals surface area contributed by atoms with Gasteiger partial charge in [-0.1, -0.05) is 25.5 Å². The predicted octanol–water partition coefficient (Wildman–Crippen LogP) is 3.01. The quantitative estimate of drug-likeness (QED) is 0.651. The lowest BCUT2D eigenvalue weighted by molar-refractivity contribution is 0.0958. The van der Waals surface area contributed by atoms with Crippen LogP contribution in [0.5, 0.6) is 5.75 Å². The molecule has 7 nitrogen and oxygen atoms in total. The minimum absolute atomic E-state index is 0.242. The van der Waals surface area contributed by atoms with Crippen LogP contribution in [0.1, 0.15) is 35.8 Å². The van der Waals surface area contributed by atoms with Crippen LogP contribution in [0.25, 0.3) is 0 Å². The van der Waals surface area contributed by atoms with E-state index in [-0.39, 0.29) is 17.6 Å². The van der Waals surface area contributed by atoms with Gasteiger partial charge in [0.15, 0.2) is 0 Å². The standard InChI is InChI=1S/C21H28N4O3/c1-4-5-14-28-18-8-6-16(7-9-18)10-12-24-21(27)25(3)17-11-13-23-19(15-17)20(26)22-2/h6-9,11,13,15H,4-5,10,12,14H2,1-3H3,(H,22,26)(H,24,27). The Morgan fingerprint density at radius 3 is 2.61 bits per heavy atom. The normalized spacial score (nSPS) is 10.2. The highest BCUT2D eigenvalue weighted by molar-refractivity contribution is 5.95. The van der Waals surface area contributed by atoms with Crippen LogP contribution in [0.4, 0.5) is 10.5 Å². The minimum atomic E-state index is -0.294. The molecule has 2 rings (SSSR count). The molecule has 0 fully saturated rings. The lowest BCUT2D eigenvalue weighted by Crippen LogP contribution is -2.38. The molecule has 0 saturated carbocycles. The Kier molecular flexibility index (Phi) is 8.27. The first kappa shape index (κ1) is 21.2. The van der Waals surface area contributed by atoms with Crippen molar-refractivity contribution < 1.29 is 14.3 Å². The van der Waals surface area contributed by atoms with Crippen molar-refractivity contribution in [3.63, 3.8) is 0 Å². The number of carbonyl (C=O) groups excluding carboxylic acids is 2. The highest BCUT2D eigenvalue weighted by Crippen LogP contribution is 2.14. The van der Waals surface area contributed by atoms with Gasteiger partial charge in [-0.3, -0.25) is 14.7 Å². The molecule has 0 spiro atoms. The molecule has 2 N–H and O–H groups in total. The van der Waals surface area contributed by atoms with E-state index < -0.39 is 0 Å². The van der Waals surface area contributed by atoms with Gasteiger partial charge in [0.1, 0.15) is 11.4 Å². The molecule has 0 bridgehead atoms. The van der Waals surface area contributed by atoms with Gasteiger partial charge in [-0.05, 0) is 42.7 Å². The van der Waals surface area contributed by atoms with Crippen LogP contribution in [-0.2, 0) is 6.42 Å². The first-order chi connectivity index (χ1) is 13.5. The van der Waals surface area contributed by atoms with E-state index in [1.54, 1.807) is 19.2 Å². The number of benzene rings is 1. The van der Waals surface area contributed by atoms with E-state index in [9.17, 15) is 9.59 Å². The number of unbranched alkanes of at least 4 members (excludes halogenated alkanes) is 1. The van der Waals surface area contributed by atoms with E-state index in [4.69, 9.17) is 4.74 Å². The molecule has 0 aliphatic heterocycles. The second-order valence-corrected chi connectivity index (χ2v) is 6.37. The maximum Gasteiger partial charge on any atom is 0.321 e. The third kappa shape index (κ3) is 6.26. The molecule has 1 aromatic heterocycles. The number of rotatable bonds is 9. The first-order valence-electron chi connectivity index (χ1n) is 9.46. The molecule has 0 saturated heterocycles. The van der Waals surface area contributed by atoms with Crippen molar-refractivity contribution in [2.75, 3.05) is 32.1 Å². The molecule has 28 heavy (non-hydrogen) atoms. The molecule has 0 unspecified atom stereocenters. The van der Waals surface area contributed by atoms with Gasteiger partial charge >= 0.3 is 6.03 Å². The Morgan fingerprint density at radius 1 is 1.18 bits per heavy atom. The average molecular weight is 384 g/mol.